The predicted molar refractivity (Wildman–Crippen MR) is 220 cm³/mol. The van der Waals surface area contributed by atoms with Crippen molar-refractivity contribution in [3.8, 4) is 0 Å². The first-order valence-electron chi connectivity index (χ1n) is 21.9. The molecule has 0 saturated heterocycles. The Morgan fingerprint density at radius 1 is 0.577 bits per heavy atom. The summed E-state index contributed by atoms with van der Waals surface area (Å²) in [5.41, 5.74) is 0. The third-order valence-corrected chi connectivity index (χ3v) is 10.6. The number of quaternary nitrogens is 1. The second kappa shape index (κ2) is 37.2. The molecular formula is C43H87NO7P+. The molecule has 9 heteroatoms. The molecule has 2 unspecified atom stereocenters. The van der Waals surface area contributed by atoms with Gasteiger partial charge in [-0.2, -0.15) is 0 Å². The minimum absolute atomic E-state index is 0.0902. The Bertz CT molecular complexity index is 848. The molecular weight excluding hydrogens is 673 g/mol. The first kappa shape index (κ1) is 51.2. The van der Waals surface area contributed by atoms with Crippen LogP contribution in [0, 0.1) is 0 Å². The summed E-state index contributed by atoms with van der Waals surface area (Å²) < 4.78 is 35.0. The number of carbonyl (C=O) groups excluding carboxylic acids is 1. The van der Waals surface area contributed by atoms with Crippen molar-refractivity contribution < 1.29 is 37.3 Å². The molecule has 0 bridgehead atoms. The molecule has 1 N–H and O–H groups in total. The van der Waals surface area contributed by atoms with Crippen LogP contribution in [0.5, 0.6) is 0 Å². The third kappa shape index (κ3) is 40.4. The van der Waals surface area contributed by atoms with E-state index in [9.17, 15) is 14.3 Å². The number of unbranched alkanes of at least 4 members (excludes halogenated alkanes) is 25. The molecule has 0 aromatic carbocycles. The van der Waals surface area contributed by atoms with Crippen LogP contribution in [0.25, 0.3) is 0 Å². The number of nitrogens with zero attached hydrogens (tertiary/aromatic N) is 1. The Kier molecular flexibility index (Phi) is 36.6. The summed E-state index contributed by atoms with van der Waals surface area (Å²) >= 11 is 0. The number of ether oxygens (including phenoxy) is 2. The van der Waals surface area contributed by atoms with E-state index in [2.05, 4.69) is 26.0 Å². The summed E-state index contributed by atoms with van der Waals surface area (Å²) in [6.45, 7) is 5.64. The standard InChI is InChI=1S/C43H86NO7P/c1-6-8-10-12-14-16-18-20-22-23-24-26-28-30-32-34-36-43(45)51-42(41-50-52(46,47)49-39-37-44(3,4)5)40-48-38-35-33-31-29-27-25-21-19-17-15-13-11-9-7-2/h22-23,42H,6-21,24-41H2,1-5H3/p+1/b23-22-. The van der Waals surface area contributed by atoms with Gasteiger partial charge in [0.25, 0.3) is 0 Å². The van der Waals surface area contributed by atoms with Gasteiger partial charge in [0.1, 0.15) is 19.3 Å². The lowest BCUT2D eigenvalue weighted by Crippen LogP contribution is -2.37. The second-order valence-corrected chi connectivity index (χ2v) is 17.5. The van der Waals surface area contributed by atoms with Gasteiger partial charge in [-0.25, -0.2) is 4.57 Å². The van der Waals surface area contributed by atoms with Crippen molar-refractivity contribution in [1.82, 2.24) is 0 Å². The highest BCUT2D eigenvalue weighted by molar-refractivity contribution is 7.47. The van der Waals surface area contributed by atoms with Crippen LogP contribution in [0.2, 0.25) is 0 Å². The Morgan fingerprint density at radius 2 is 1.00 bits per heavy atom. The molecule has 0 aromatic heterocycles. The fourth-order valence-corrected chi connectivity index (χ4v) is 6.88. The quantitative estimate of drug-likeness (QED) is 0.0218. The number of phosphoric acid groups is 1. The summed E-state index contributed by atoms with van der Waals surface area (Å²) in [5.74, 6) is -0.319. The van der Waals surface area contributed by atoms with E-state index >= 15 is 0 Å². The topological polar surface area (TPSA) is 91.3 Å². The van der Waals surface area contributed by atoms with E-state index in [1.54, 1.807) is 0 Å². The Hall–Kier alpha value is -0.760. The smallest absolute Gasteiger partial charge is 0.457 e. The number of hydrogen-bond donors (Lipinski definition) is 1. The van der Waals surface area contributed by atoms with E-state index in [1.165, 1.54) is 141 Å². The van der Waals surface area contributed by atoms with E-state index in [1.807, 2.05) is 21.1 Å². The number of likely N-dealkylation sites (N-methyl/N-ethyl adjacent to an activating group) is 1. The molecule has 0 aliphatic carbocycles. The highest BCUT2D eigenvalue weighted by Gasteiger charge is 2.26. The van der Waals surface area contributed by atoms with Crippen molar-refractivity contribution in [2.75, 3.05) is 54.1 Å². The molecule has 0 fully saturated rings. The van der Waals surface area contributed by atoms with E-state index in [0.29, 0.717) is 24.1 Å². The SMILES string of the molecule is CCCCCCCCC/C=C\CCCCCCCC(=O)OC(COCCCCCCCCCCCCCCCC)COP(=O)(O)OCC[N+](C)(C)C. The average molecular weight is 761 g/mol. The van der Waals surface area contributed by atoms with Crippen molar-refractivity contribution in [2.24, 2.45) is 0 Å². The molecule has 0 aliphatic rings. The van der Waals surface area contributed by atoms with E-state index in [-0.39, 0.29) is 25.8 Å². The lowest BCUT2D eigenvalue weighted by molar-refractivity contribution is -0.870. The fraction of sp³-hybridized carbons (Fsp3) is 0.930. The number of esters is 1. The van der Waals surface area contributed by atoms with Gasteiger partial charge in [0.2, 0.25) is 0 Å². The minimum Gasteiger partial charge on any atom is -0.457 e. The normalized spacial score (nSPS) is 13.9. The predicted octanol–water partition coefficient (Wildman–Crippen LogP) is 12.7. The number of phosphoric ester groups is 1. The Balaban J connectivity index is 4.23. The summed E-state index contributed by atoms with van der Waals surface area (Å²) in [5, 5.41) is 0. The minimum atomic E-state index is -4.27. The molecule has 0 saturated carbocycles. The van der Waals surface area contributed by atoms with Gasteiger partial charge in [-0.15, -0.1) is 0 Å². The van der Waals surface area contributed by atoms with Gasteiger partial charge in [-0.05, 0) is 38.5 Å². The summed E-state index contributed by atoms with van der Waals surface area (Å²) in [7, 11) is 1.67. The molecule has 0 spiro atoms. The van der Waals surface area contributed by atoms with Crippen LogP contribution in [-0.4, -0.2) is 75.6 Å². The van der Waals surface area contributed by atoms with Crippen LogP contribution >= 0.6 is 7.82 Å². The van der Waals surface area contributed by atoms with Crippen molar-refractivity contribution in [3.05, 3.63) is 12.2 Å². The van der Waals surface area contributed by atoms with Crippen molar-refractivity contribution >= 4 is 13.8 Å². The van der Waals surface area contributed by atoms with Gasteiger partial charge in [-0.3, -0.25) is 13.8 Å². The van der Waals surface area contributed by atoms with Crippen molar-refractivity contribution in [1.29, 1.82) is 0 Å². The van der Waals surface area contributed by atoms with Crippen molar-refractivity contribution in [2.45, 2.75) is 206 Å². The first-order valence-corrected chi connectivity index (χ1v) is 23.4. The molecule has 0 aromatic rings. The maximum absolute atomic E-state index is 12.7. The van der Waals surface area contributed by atoms with Gasteiger partial charge in [-0.1, -0.05) is 167 Å². The molecule has 0 aliphatic heterocycles. The molecule has 0 heterocycles. The molecule has 0 rings (SSSR count). The van der Waals surface area contributed by atoms with Crippen LogP contribution in [0.4, 0.5) is 0 Å². The lowest BCUT2D eigenvalue weighted by atomic mass is 10.0. The molecule has 0 amide bonds. The average Bonchev–Trinajstić information content (AvgIpc) is 3.09. The summed E-state index contributed by atoms with van der Waals surface area (Å²) in [6.07, 6.45) is 39.5. The Morgan fingerprint density at radius 3 is 1.46 bits per heavy atom. The zero-order valence-electron chi connectivity index (χ0n) is 35.1. The van der Waals surface area contributed by atoms with Gasteiger partial charge in [0.15, 0.2) is 0 Å². The van der Waals surface area contributed by atoms with Crippen LogP contribution in [0.3, 0.4) is 0 Å². The second-order valence-electron chi connectivity index (χ2n) is 16.1. The maximum Gasteiger partial charge on any atom is 0.472 e. The molecule has 8 nitrogen and oxygen atoms in total. The van der Waals surface area contributed by atoms with Crippen LogP contribution in [-0.2, 0) is 27.9 Å². The molecule has 310 valence electrons. The maximum atomic E-state index is 12.7. The Labute approximate surface area is 322 Å². The fourth-order valence-electron chi connectivity index (χ4n) is 6.14. The van der Waals surface area contributed by atoms with Crippen LogP contribution in [0.15, 0.2) is 12.2 Å². The van der Waals surface area contributed by atoms with Crippen molar-refractivity contribution in [3.63, 3.8) is 0 Å². The first-order chi connectivity index (χ1) is 25.1. The van der Waals surface area contributed by atoms with Gasteiger partial charge in [0, 0.05) is 13.0 Å². The number of rotatable bonds is 41. The van der Waals surface area contributed by atoms with Crippen LogP contribution < -0.4 is 0 Å². The van der Waals surface area contributed by atoms with Gasteiger partial charge >= 0.3 is 13.8 Å². The van der Waals surface area contributed by atoms with Crippen LogP contribution in [0.1, 0.15) is 200 Å². The van der Waals surface area contributed by atoms with Gasteiger partial charge in [0.05, 0.1) is 34.4 Å². The molecule has 0 radical (unpaired) electrons. The molecule has 2 atom stereocenters. The van der Waals surface area contributed by atoms with E-state index in [4.69, 9.17) is 18.5 Å². The zero-order chi connectivity index (χ0) is 38.4. The monoisotopic (exact) mass is 761 g/mol. The van der Waals surface area contributed by atoms with E-state index in [0.717, 1.165) is 38.5 Å². The number of allylic oxidation sites excluding steroid dienone is 2. The highest BCUT2D eigenvalue weighted by Crippen LogP contribution is 2.43. The summed E-state index contributed by atoms with van der Waals surface area (Å²) in [6, 6.07) is 0. The number of hydrogen-bond acceptors (Lipinski definition) is 6. The largest absolute Gasteiger partial charge is 0.472 e. The van der Waals surface area contributed by atoms with E-state index < -0.39 is 13.9 Å². The lowest BCUT2D eigenvalue weighted by Gasteiger charge is -2.24. The highest BCUT2D eigenvalue weighted by atomic mass is 31.2. The number of carbonyl (C=O) groups is 1. The molecule has 52 heavy (non-hydrogen) atoms. The van der Waals surface area contributed by atoms with Gasteiger partial charge < -0.3 is 18.9 Å². The third-order valence-electron chi connectivity index (χ3n) is 9.58. The zero-order valence-corrected chi connectivity index (χ0v) is 36.0. The summed E-state index contributed by atoms with van der Waals surface area (Å²) in [4.78, 5) is 22.9.